The first-order valence-corrected chi connectivity index (χ1v) is 4.65. The molecule has 0 amide bonds. The second kappa shape index (κ2) is 6.79. The van der Waals surface area contributed by atoms with Crippen molar-refractivity contribution in [2.45, 2.75) is 19.8 Å². The lowest BCUT2D eigenvalue weighted by Crippen LogP contribution is -2.33. The zero-order valence-electron chi connectivity index (χ0n) is 8.25. The van der Waals surface area contributed by atoms with Gasteiger partial charge >= 0.3 is 5.97 Å². The number of hydrogen-bond acceptors (Lipinski definition) is 4. The van der Waals surface area contributed by atoms with Crippen LogP contribution in [0, 0.1) is 5.92 Å². The molecular formula is C9H16ClNO3. The molecule has 1 aliphatic rings. The van der Waals surface area contributed by atoms with E-state index in [1.165, 1.54) is 0 Å². The summed E-state index contributed by atoms with van der Waals surface area (Å²) in [6, 6.07) is 0. The minimum absolute atomic E-state index is 0. The Morgan fingerprint density at radius 2 is 2.36 bits per heavy atom. The molecule has 1 rings (SSSR count). The van der Waals surface area contributed by atoms with E-state index in [0.29, 0.717) is 19.6 Å². The molecule has 0 aromatic carbocycles. The first-order chi connectivity index (χ1) is 6.25. The highest BCUT2D eigenvalue weighted by Crippen LogP contribution is 2.08. The van der Waals surface area contributed by atoms with Gasteiger partial charge in [0.2, 0.25) is 0 Å². The first-order valence-electron chi connectivity index (χ1n) is 4.65. The molecule has 0 aromatic heterocycles. The van der Waals surface area contributed by atoms with E-state index in [1.807, 2.05) is 0 Å². The van der Waals surface area contributed by atoms with Crippen molar-refractivity contribution >= 4 is 24.2 Å². The van der Waals surface area contributed by atoms with E-state index in [9.17, 15) is 9.59 Å². The van der Waals surface area contributed by atoms with Crippen LogP contribution in [0.15, 0.2) is 0 Å². The Hall–Kier alpha value is -0.610. The van der Waals surface area contributed by atoms with Crippen LogP contribution in [0.4, 0.5) is 0 Å². The Balaban J connectivity index is 0.00000169. The number of nitrogens with one attached hydrogen (secondary N) is 1. The highest BCUT2D eigenvalue weighted by atomic mass is 35.5. The predicted molar refractivity (Wildman–Crippen MR) is 54.5 cm³/mol. The summed E-state index contributed by atoms with van der Waals surface area (Å²) in [6.07, 6.45) is 1.30. The molecule has 0 radical (unpaired) electrons. The Kier molecular flexibility index (Phi) is 6.49. The zero-order valence-corrected chi connectivity index (χ0v) is 9.06. The van der Waals surface area contributed by atoms with Crippen LogP contribution in [-0.2, 0) is 14.3 Å². The van der Waals surface area contributed by atoms with Crippen LogP contribution in [0.5, 0.6) is 0 Å². The Morgan fingerprint density at radius 3 is 3.00 bits per heavy atom. The molecule has 1 N–H and O–H groups in total. The number of carbonyl (C=O) groups excluding carboxylic acids is 2. The topological polar surface area (TPSA) is 55.4 Å². The number of esters is 1. The van der Waals surface area contributed by atoms with Crippen molar-refractivity contribution in [3.63, 3.8) is 0 Å². The molecule has 1 heterocycles. The van der Waals surface area contributed by atoms with E-state index in [1.54, 1.807) is 6.92 Å². The van der Waals surface area contributed by atoms with Gasteiger partial charge in [0, 0.05) is 13.0 Å². The van der Waals surface area contributed by atoms with Crippen molar-refractivity contribution in [1.82, 2.24) is 5.32 Å². The first kappa shape index (κ1) is 13.4. The van der Waals surface area contributed by atoms with Crippen molar-refractivity contribution in [3.05, 3.63) is 0 Å². The lowest BCUT2D eigenvalue weighted by molar-refractivity contribution is -0.151. The largest absolute Gasteiger partial charge is 0.465 e. The molecule has 1 saturated heterocycles. The normalized spacial score (nSPS) is 22.1. The second-order valence-corrected chi connectivity index (χ2v) is 3.08. The summed E-state index contributed by atoms with van der Waals surface area (Å²) in [4.78, 5) is 22.7. The molecular weight excluding hydrogens is 206 g/mol. The number of ether oxygens (including phenoxy) is 1. The van der Waals surface area contributed by atoms with Crippen LogP contribution in [-0.4, -0.2) is 31.4 Å². The standard InChI is InChI=1S/C9H15NO3.ClH/c1-2-13-9(12)7-6-10-5-3-4-8(7)11;/h7,10H,2-6H2,1H3;1H. The zero-order chi connectivity index (χ0) is 9.68. The van der Waals surface area contributed by atoms with Crippen molar-refractivity contribution < 1.29 is 14.3 Å². The Labute approximate surface area is 89.8 Å². The third-order valence-electron chi connectivity index (χ3n) is 2.08. The van der Waals surface area contributed by atoms with Crippen LogP contribution in [0.3, 0.4) is 0 Å². The molecule has 1 atom stereocenters. The third kappa shape index (κ3) is 3.64. The average Bonchev–Trinajstić information content (AvgIpc) is 2.30. The van der Waals surface area contributed by atoms with Gasteiger partial charge < -0.3 is 10.1 Å². The monoisotopic (exact) mass is 221 g/mol. The van der Waals surface area contributed by atoms with Crippen molar-refractivity contribution in [2.24, 2.45) is 5.92 Å². The Bertz CT molecular complexity index is 208. The highest BCUT2D eigenvalue weighted by molar-refractivity contribution is 5.99. The lowest BCUT2D eigenvalue weighted by atomic mass is 10.0. The molecule has 1 fully saturated rings. The number of carbonyl (C=O) groups is 2. The van der Waals surface area contributed by atoms with Gasteiger partial charge in [-0.1, -0.05) is 0 Å². The fourth-order valence-corrected chi connectivity index (χ4v) is 1.38. The number of halogens is 1. The van der Waals surface area contributed by atoms with Gasteiger partial charge in [-0.3, -0.25) is 9.59 Å². The average molecular weight is 222 g/mol. The van der Waals surface area contributed by atoms with Crippen molar-refractivity contribution in [1.29, 1.82) is 0 Å². The molecule has 14 heavy (non-hydrogen) atoms. The maximum atomic E-state index is 11.4. The predicted octanol–water partition coefficient (Wildman–Crippen LogP) is 0.540. The van der Waals surface area contributed by atoms with E-state index in [2.05, 4.69) is 5.32 Å². The summed E-state index contributed by atoms with van der Waals surface area (Å²) in [7, 11) is 0. The van der Waals surface area contributed by atoms with Crippen molar-refractivity contribution in [2.75, 3.05) is 19.7 Å². The van der Waals surface area contributed by atoms with E-state index in [4.69, 9.17) is 4.74 Å². The van der Waals surface area contributed by atoms with E-state index in [0.717, 1.165) is 13.0 Å². The summed E-state index contributed by atoms with van der Waals surface area (Å²) >= 11 is 0. The summed E-state index contributed by atoms with van der Waals surface area (Å²) < 4.78 is 4.81. The van der Waals surface area contributed by atoms with Gasteiger partial charge in [-0.15, -0.1) is 12.4 Å². The summed E-state index contributed by atoms with van der Waals surface area (Å²) in [5.41, 5.74) is 0. The number of rotatable bonds is 2. The maximum absolute atomic E-state index is 11.4. The minimum Gasteiger partial charge on any atom is -0.465 e. The van der Waals surface area contributed by atoms with Crippen molar-refractivity contribution in [3.8, 4) is 0 Å². The van der Waals surface area contributed by atoms with Gasteiger partial charge in [0.05, 0.1) is 6.61 Å². The van der Waals surface area contributed by atoms with Gasteiger partial charge in [-0.05, 0) is 19.9 Å². The smallest absolute Gasteiger partial charge is 0.317 e. The summed E-state index contributed by atoms with van der Waals surface area (Å²) in [5.74, 6) is -0.965. The fraction of sp³-hybridized carbons (Fsp3) is 0.778. The minimum atomic E-state index is -0.581. The number of ketones is 1. The van der Waals surface area contributed by atoms with Gasteiger partial charge in [-0.25, -0.2) is 0 Å². The van der Waals surface area contributed by atoms with Crippen LogP contribution >= 0.6 is 12.4 Å². The molecule has 82 valence electrons. The molecule has 0 aliphatic carbocycles. The number of Topliss-reactive ketones (excluding diaryl/α,β-unsaturated/α-hetero) is 1. The molecule has 0 bridgehead atoms. The lowest BCUT2D eigenvalue weighted by Gasteiger charge is -2.10. The summed E-state index contributed by atoms with van der Waals surface area (Å²) in [5, 5.41) is 3.05. The quantitative estimate of drug-likeness (QED) is 0.546. The van der Waals surface area contributed by atoms with E-state index in [-0.39, 0.29) is 24.2 Å². The number of hydrogen-bond donors (Lipinski definition) is 1. The van der Waals surface area contributed by atoms with E-state index >= 15 is 0 Å². The summed E-state index contributed by atoms with van der Waals surface area (Å²) in [6.45, 7) is 3.31. The van der Waals surface area contributed by atoms with Gasteiger partial charge in [-0.2, -0.15) is 0 Å². The molecule has 0 spiro atoms. The fourth-order valence-electron chi connectivity index (χ4n) is 1.38. The van der Waals surface area contributed by atoms with Crippen LogP contribution in [0.1, 0.15) is 19.8 Å². The Morgan fingerprint density at radius 1 is 1.64 bits per heavy atom. The molecule has 1 unspecified atom stereocenters. The SMILES string of the molecule is CCOC(=O)C1CNCCCC1=O.Cl. The van der Waals surface area contributed by atoms with Gasteiger partial charge in [0.25, 0.3) is 0 Å². The highest BCUT2D eigenvalue weighted by Gasteiger charge is 2.28. The third-order valence-corrected chi connectivity index (χ3v) is 2.08. The molecule has 5 heteroatoms. The van der Waals surface area contributed by atoms with E-state index < -0.39 is 5.92 Å². The molecule has 0 aromatic rings. The molecule has 0 saturated carbocycles. The van der Waals surface area contributed by atoms with Gasteiger partial charge in [0.1, 0.15) is 11.7 Å². The van der Waals surface area contributed by atoms with Crippen LogP contribution < -0.4 is 5.32 Å². The molecule has 1 aliphatic heterocycles. The van der Waals surface area contributed by atoms with Crippen LogP contribution in [0.25, 0.3) is 0 Å². The van der Waals surface area contributed by atoms with Crippen LogP contribution in [0.2, 0.25) is 0 Å². The second-order valence-electron chi connectivity index (χ2n) is 3.08. The van der Waals surface area contributed by atoms with Gasteiger partial charge in [0.15, 0.2) is 0 Å². The molecule has 4 nitrogen and oxygen atoms in total. The maximum Gasteiger partial charge on any atom is 0.317 e.